The first-order chi connectivity index (χ1) is 10.2. The molecule has 1 rings (SSSR count). The molecule has 0 spiro atoms. The van der Waals surface area contributed by atoms with Crippen LogP contribution in [0.3, 0.4) is 0 Å². The van der Waals surface area contributed by atoms with E-state index in [2.05, 4.69) is 50.5 Å². The number of anilines is 1. The molecule has 1 N–H and O–H groups in total. The number of para-hydroxylation sites is 1. The van der Waals surface area contributed by atoms with Crippen LogP contribution in [0.4, 0.5) is 5.69 Å². The van der Waals surface area contributed by atoms with Crippen molar-refractivity contribution < 1.29 is 4.79 Å². The minimum atomic E-state index is 0.0581. The van der Waals surface area contributed by atoms with Crippen molar-refractivity contribution in [2.75, 3.05) is 25.0 Å². The van der Waals surface area contributed by atoms with Crippen molar-refractivity contribution in [2.24, 2.45) is 0 Å². The van der Waals surface area contributed by atoms with Crippen LogP contribution in [0.25, 0.3) is 0 Å². The number of carbonyl (C=O) groups excluding carboxylic acids is 1. The third-order valence-corrected chi connectivity index (χ3v) is 3.47. The number of nitrogens with one attached hydrogen (secondary N) is 1. The molecule has 0 fully saturated rings. The van der Waals surface area contributed by atoms with Gasteiger partial charge in [0.25, 0.3) is 0 Å². The lowest BCUT2D eigenvalue weighted by Crippen LogP contribution is -2.36. The van der Waals surface area contributed by atoms with E-state index in [-0.39, 0.29) is 5.91 Å². The Hall–Kier alpha value is -2.03. The lowest BCUT2D eigenvalue weighted by Gasteiger charge is -2.21. The summed E-state index contributed by atoms with van der Waals surface area (Å²) < 4.78 is 0. The maximum atomic E-state index is 12.3. The molecule has 0 aliphatic heterocycles. The van der Waals surface area contributed by atoms with Gasteiger partial charge in [-0.3, -0.25) is 4.79 Å². The van der Waals surface area contributed by atoms with Crippen LogP contribution in [0, 0.1) is 0 Å². The van der Waals surface area contributed by atoms with E-state index in [1.165, 1.54) is 11.1 Å². The van der Waals surface area contributed by atoms with Gasteiger partial charge in [-0.25, -0.2) is 0 Å². The maximum Gasteiger partial charge on any atom is 0.242 e. The van der Waals surface area contributed by atoms with Crippen molar-refractivity contribution in [1.82, 2.24) is 4.90 Å². The molecule has 0 atom stereocenters. The maximum absolute atomic E-state index is 12.3. The van der Waals surface area contributed by atoms with Crippen LogP contribution in [0.5, 0.6) is 0 Å². The van der Waals surface area contributed by atoms with Crippen LogP contribution in [0.1, 0.15) is 25.0 Å². The highest BCUT2D eigenvalue weighted by Crippen LogP contribution is 2.22. The van der Waals surface area contributed by atoms with Gasteiger partial charge in [0.2, 0.25) is 5.91 Å². The van der Waals surface area contributed by atoms with Crippen LogP contribution in [-0.4, -0.2) is 30.4 Å². The van der Waals surface area contributed by atoms with Gasteiger partial charge in [0, 0.05) is 18.8 Å². The van der Waals surface area contributed by atoms with E-state index in [1.807, 2.05) is 0 Å². The fourth-order valence-corrected chi connectivity index (χ4v) is 2.34. The molecule has 3 nitrogen and oxygen atoms in total. The lowest BCUT2D eigenvalue weighted by atomic mass is 10.0. The summed E-state index contributed by atoms with van der Waals surface area (Å²) >= 11 is 0. The van der Waals surface area contributed by atoms with E-state index < -0.39 is 0 Å². The predicted octanol–water partition coefficient (Wildman–Crippen LogP) is 3.42. The highest BCUT2D eigenvalue weighted by Gasteiger charge is 2.12. The average Bonchev–Trinajstić information content (AvgIpc) is 2.51. The first-order valence-electron chi connectivity index (χ1n) is 7.52. The Morgan fingerprint density at radius 2 is 1.67 bits per heavy atom. The van der Waals surface area contributed by atoms with E-state index in [0.717, 1.165) is 18.5 Å². The van der Waals surface area contributed by atoms with Crippen LogP contribution < -0.4 is 5.32 Å². The van der Waals surface area contributed by atoms with Gasteiger partial charge in [-0.05, 0) is 24.0 Å². The molecule has 0 saturated carbocycles. The molecular weight excluding hydrogens is 260 g/mol. The normalized spacial score (nSPS) is 10.0. The van der Waals surface area contributed by atoms with E-state index in [1.54, 1.807) is 17.1 Å². The number of aryl methyl sites for hydroxylation is 2. The molecule has 21 heavy (non-hydrogen) atoms. The molecule has 3 heteroatoms. The summed E-state index contributed by atoms with van der Waals surface area (Å²) in [5.41, 5.74) is 3.61. The first-order valence-corrected chi connectivity index (χ1v) is 7.52. The molecular formula is C18H26N2O. The molecule has 0 aliphatic carbocycles. The molecule has 1 amide bonds. The molecule has 0 heterocycles. The second-order valence-corrected chi connectivity index (χ2v) is 4.89. The Bertz CT molecular complexity index is 462. The Kier molecular flexibility index (Phi) is 7.30. The van der Waals surface area contributed by atoms with Gasteiger partial charge in [-0.1, -0.05) is 44.2 Å². The lowest BCUT2D eigenvalue weighted by molar-refractivity contribution is -0.128. The zero-order chi connectivity index (χ0) is 15.7. The smallest absolute Gasteiger partial charge is 0.242 e. The average molecular weight is 286 g/mol. The molecule has 0 aromatic heterocycles. The van der Waals surface area contributed by atoms with Gasteiger partial charge in [0.15, 0.2) is 0 Å². The standard InChI is InChI=1S/C18H26N2O/c1-5-12-20(13-6-2)17(21)14-19-18-15(7-3)10-9-11-16(18)8-4/h5-6,9-11,19H,1-2,7-8,12-14H2,3-4H3. The topological polar surface area (TPSA) is 32.3 Å². The molecule has 0 saturated heterocycles. The molecule has 0 unspecified atom stereocenters. The van der Waals surface area contributed by atoms with Crippen molar-refractivity contribution in [3.05, 3.63) is 54.6 Å². The number of carbonyl (C=O) groups is 1. The van der Waals surface area contributed by atoms with Crippen molar-refractivity contribution in [3.63, 3.8) is 0 Å². The summed E-state index contributed by atoms with van der Waals surface area (Å²) in [5, 5.41) is 3.32. The van der Waals surface area contributed by atoms with Gasteiger partial charge < -0.3 is 10.2 Å². The summed E-state index contributed by atoms with van der Waals surface area (Å²) in [7, 11) is 0. The number of hydrogen-bond donors (Lipinski definition) is 1. The Balaban J connectivity index is 2.80. The quantitative estimate of drug-likeness (QED) is 0.705. The molecule has 0 radical (unpaired) electrons. The fraction of sp³-hybridized carbons (Fsp3) is 0.389. The van der Waals surface area contributed by atoms with Crippen LogP contribution >= 0.6 is 0 Å². The minimum absolute atomic E-state index is 0.0581. The number of benzene rings is 1. The van der Waals surface area contributed by atoms with Crippen molar-refractivity contribution in [2.45, 2.75) is 26.7 Å². The highest BCUT2D eigenvalue weighted by molar-refractivity contribution is 5.81. The number of amides is 1. The Morgan fingerprint density at radius 3 is 2.10 bits per heavy atom. The molecule has 0 aliphatic rings. The SMILES string of the molecule is C=CCN(CC=C)C(=O)CNc1c(CC)cccc1CC. The monoisotopic (exact) mass is 286 g/mol. The van der Waals surface area contributed by atoms with E-state index in [9.17, 15) is 4.79 Å². The largest absolute Gasteiger partial charge is 0.376 e. The highest BCUT2D eigenvalue weighted by atomic mass is 16.2. The molecule has 114 valence electrons. The minimum Gasteiger partial charge on any atom is -0.376 e. The summed E-state index contributed by atoms with van der Waals surface area (Å²) in [6, 6.07) is 6.29. The number of nitrogens with zero attached hydrogens (tertiary/aromatic N) is 1. The van der Waals surface area contributed by atoms with E-state index >= 15 is 0 Å². The number of rotatable bonds is 9. The third-order valence-electron chi connectivity index (χ3n) is 3.47. The molecule has 1 aromatic rings. The Labute approximate surface area is 128 Å². The van der Waals surface area contributed by atoms with Gasteiger partial charge in [-0.2, -0.15) is 0 Å². The van der Waals surface area contributed by atoms with Gasteiger partial charge in [0.05, 0.1) is 6.54 Å². The fourth-order valence-electron chi connectivity index (χ4n) is 2.34. The van der Waals surface area contributed by atoms with Crippen molar-refractivity contribution in [1.29, 1.82) is 0 Å². The molecule has 1 aromatic carbocycles. The number of hydrogen-bond acceptors (Lipinski definition) is 2. The van der Waals surface area contributed by atoms with Crippen LogP contribution in [0.2, 0.25) is 0 Å². The zero-order valence-corrected chi connectivity index (χ0v) is 13.2. The van der Waals surface area contributed by atoms with Gasteiger partial charge in [0.1, 0.15) is 0 Å². The van der Waals surface area contributed by atoms with Crippen molar-refractivity contribution >= 4 is 11.6 Å². The van der Waals surface area contributed by atoms with Gasteiger partial charge in [-0.15, -0.1) is 13.2 Å². The predicted molar refractivity (Wildman–Crippen MR) is 90.7 cm³/mol. The van der Waals surface area contributed by atoms with Crippen LogP contribution in [-0.2, 0) is 17.6 Å². The van der Waals surface area contributed by atoms with E-state index in [0.29, 0.717) is 19.6 Å². The summed E-state index contributed by atoms with van der Waals surface area (Å²) in [6.07, 6.45) is 5.37. The third kappa shape index (κ3) is 4.78. The zero-order valence-electron chi connectivity index (χ0n) is 13.2. The van der Waals surface area contributed by atoms with Crippen molar-refractivity contribution in [3.8, 4) is 0 Å². The summed E-state index contributed by atoms with van der Waals surface area (Å²) in [4.78, 5) is 14.0. The summed E-state index contributed by atoms with van der Waals surface area (Å²) in [5.74, 6) is 0.0581. The summed E-state index contributed by atoms with van der Waals surface area (Å²) in [6.45, 7) is 13.0. The van der Waals surface area contributed by atoms with E-state index in [4.69, 9.17) is 0 Å². The van der Waals surface area contributed by atoms with Gasteiger partial charge >= 0.3 is 0 Å². The molecule has 0 bridgehead atoms. The Morgan fingerprint density at radius 1 is 1.14 bits per heavy atom. The second-order valence-electron chi connectivity index (χ2n) is 4.89. The second kappa shape index (κ2) is 9.01. The van der Waals surface area contributed by atoms with Crippen LogP contribution in [0.15, 0.2) is 43.5 Å². The first kappa shape index (κ1) is 17.0.